The van der Waals surface area contributed by atoms with Crippen LogP contribution >= 0.6 is 23.8 Å². The lowest BCUT2D eigenvalue weighted by atomic mass is 9.96. The number of benzene rings is 2. The van der Waals surface area contributed by atoms with Gasteiger partial charge in [-0.1, -0.05) is 36.7 Å². The van der Waals surface area contributed by atoms with Gasteiger partial charge in [0.2, 0.25) is 0 Å². The van der Waals surface area contributed by atoms with Crippen molar-refractivity contribution >= 4 is 34.6 Å². The molecule has 1 N–H and O–H groups in total. The molecular weight excluding hydrogens is 460 g/mol. The van der Waals surface area contributed by atoms with Gasteiger partial charge in [-0.25, -0.2) is 0 Å². The van der Waals surface area contributed by atoms with Crippen molar-refractivity contribution in [2.75, 3.05) is 4.90 Å². The Morgan fingerprint density at radius 2 is 1.68 bits per heavy atom. The Morgan fingerprint density at radius 3 is 2.32 bits per heavy atom. The molecule has 5 rings (SSSR count). The van der Waals surface area contributed by atoms with Crippen molar-refractivity contribution in [1.82, 2.24) is 14.9 Å². The van der Waals surface area contributed by atoms with Crippen LogP contribution in [0.2, 0.25) is 5.02 Å². The van der Waals surface area contributed by atoms with Gasteiger partial charge in [-0.3, -0.25) is 4.98 Å². The van der Waals surface area contributed by atoms with Crippen LogP contribution < -0.4 is 10.2 Å². The van der Waals surface area contributed by atoms with Gasteiger partial charge in [-0.2, -0.15) is 0 Å². The zero-order valence-corrected chi connectivity index (χ0v) is 21.1. The highest BCUT2D eigenvalue weighted by atomic mass is 35.5. The summed E-state index contributed by atoms with van der Waals surface area (Å²) in [4.78, 5) is 6.86. The number of thiocarbonyl (C=S) groups is 1. The number of anilines is 1. The molecule has 1 aliphatic rings. The van der Waals surface area contributed by atoms with E-state index in [1.807, 2.05) is 42.6 Å². The molecule has 3 heterocycles. The van der Waals surface area contributed by atoms with Crippen LogP contribution in [-0.2, 0) is 6.42 Å². The molecule has 0 aliphatic carbocycles. The van der Waals surface area contributed by atoms with E-state index >= 15 is 0 Å². The highest BCUT2D eigenvalue weighted by Crippen LogP contribution is 2.43. The Morgan fingerprint density at radius 1 is 0.971 bits per heavy atom. The molecule has 0 bridgehead atoms. The number of hydrogen-bond acceptors (Lipinski definition) is 2. The van der Waals surface area contributed by atoms with Crippen LogP contribution in [-0.4, -0.2) is 14.7 Å². The summed E-state index contributed by atoms with van der Waals surface area (Å²) in [5.74, 6) is 0. The van der Waals surface area contributed by atoms with Gasteiger partial charge in [0.05, 0.1) is 17.8 Å². The minimum Gasteiger partial charge on any atom is -0.351 e. The molecule has 4 aromatic rings. The van der Waals surface area contributed by atoms with E-state index in [9.17, 15) is 0 Å². The van der Waals surface area contributed by atoms with Crippen LogP contribution in [0.15, 0.2) is 79.0 Å². The molecule has 0 spiro atoms. The minimum atomic E-state index is -0.0826. The van der Waals surface area contributed by atoms with Crippen molar-refractivity contribution in [1.29, 1.82) is 0 Å². The number of pyridine rings is 1. The molecule has 0 saturated carbocycles. The molecule has 0 unspecified atom stereocenters. The Balaban J connectivity index is 1.65. The maximum atomic E-state index is 6.19. The first-order chi connectivity index (χ1) is 16.5. The lowest BCUT2D eigenvalue weighted by Crippen LogP contribution is -2.29. The first-order valence-electron chi connectivity index (χ1n) is 11.5. The number of aromatic nitrogens is 2. The Kier molecular flexibility index (Phi) is 6.15. The zero-order chi connectivity index (χ0) is 23.8. The second-order valence-corrected chi connectivity index (χ2v) is 9.48. The summed E-state index contributed by atoms with van der Waals surface area (Å²) >= 11 is 12.1. The fourth-order valence-electron chi connectivity index (χ4n) is 4.92. The van der Waals surface area contributed by atoms with Gasteiger partial charge in [-0.05, 0) is 98.2 Å². The Labute approximate surface area is 211 Å². The second kappa shape index (κ2) is 9.24. The monoisotopic (exact) mass is 486 g/mol. The molecule has 0 radical (unpaired) electrons. The molecule has 4 nitrogen and oxygen atoms in total. The van der Waals surface area contributed by atoms with Crippen LogP contribution in [0.5, 0.6) is 0 Å². The minimum absolute atomic E-state index is 0.0570. The molecule has 1 saturated heterocycles. The highest BCUT2D eigenvalue weighted by molar-refractivity contribution is 7.80. The third-order valence-corrected chi connectivity index (χ3v) is 7.16. The number of nitrogens with one attached hydrogen (secondary N) is 1. The summed E-state index contributed by atoms with van der Waals surface area (Å²) in [5, 5.41) is 4.93. The third-order valence-electron chi connectivity index (χ3n) is 6.59. The standard InChI is InChI=1S/C28H27ClN4S/c1-4-20-8-12-22(13-9-20)32-18(2)17-24(19(32)3)27-26(25-7-5-6-16-30-25)31-28(34)33(27)23-14-10-21(29)11-15-23/h5-17,26-27H,4H2,1-3H3,(H,31,34)/t26-,27-/m0/s1. The molecule has 34 heavy (non-hydrogen) atoms. The summed E-state index contributed by atoms with van der Waals surface area (Å²) in [6, 6.07) is 24.8. The average Bonchev–Trinajstić information content (AvgIpc) is 3.35. The van der Waals surface area contributed by atoms with Gasteiger partial charge < -0.3 is 14.8 Å². The molecule has 1 fully saturated rings. The third kappa shape index (κ3) is 3.99. The predicted molar refractivity (Wildman–Crippen MR) is 144 cm³/mol. The molecular formula is C28H27ClN4S. The van der Waals surface area contributed by atoms with Crippen molar-refractivity contribution in [3.8, 4) is 5.69 Å². The van der Waals surface area contributed by atoms with E-state index in [4.69, 9.17) is 23.8 Å². The summed E-state index contributed by atoms with van der Waals surface area (Å²) in [7, 11) is 0. The van der Waals surface area contributed by atoms with Crippen LogP contribution in [0.1, 0.15) is 47.2 Å². The normalized spacial score (nSPS) is 17.8. The molecule has 6 heteroatoms. The van der Waals surface area contributed by atoms with Gasteiger partial charge in [0.1, 0.15) is 0 Å². The van der Waals surface area contributed by atoms with Crippen molar-refractivity contribution < 1.29 is 0 Å². The second-order valence-electron chi connectivity index (χ2n) is 8.65. The van der Waals surface area contributed by atoms with E-state index in [0.717, 1.165) is 17.8 Å². The molecule has 2 atom stereocenters. The van der Waals surface area contributed by atoms with Crippen LogP contribution in [0.25, 0.3) is 5.69 Å². The zero-order valence-electron chi connectivity index (χ0n) is 19.5. The van der Waals surface area contributed by atoms with Crippen molar-refractivity contribution in [2.24, 2.45) is 0 Å². The largest absolute Gasteiger partial charge is 0.351 e. The highest BCUT2D eigenvalue weighted by Gasteiger charge is 2.42. The molecule has 2 aromatic heterocycles. The lowest BCUT2D eigenvalue weighted by molar-refractivity contribution is 0.565. The Bertz CT molecular complexity index is 1310. The van der Waals surface area contributed by atoms with Crippen LogP contribution in [0, 0.1) is 13.8 Å². The summed E-state index contributed by atoms with van der Waals surface area (Å²) < 4.78 is 2.33. The number of nitrogens with zero attached hydrogens (tertiary/aromatic N) is 3. The fraction of sp³-hybridized carbons (Fsp3) is 0.214. The summed E-state index contributed by atoms with van der Waals surface area (Å²) in [6.45, 7) is 6.53. The van der Waals surface area contributed by atoms with Gasteiger partial charge in [0.25, 0.3) is 0 Å². The van der Waals surface area contributed by atoms with E-state index in [-0.39, 0.29) is 12.1 Å². The number of hydrogen-bond donors (Lipinski definition) is 1. The molecule has 1 aliphatic heterocycles. The fourth-order valence-corrected chi connectivity index (χ4v) is 5.39. The first-order valence-corrected chi connectivity index (χ1v) is 12.3. The number of halogens is 1. The summed E-state index contributed by atoms with van der Waals surface area (Å²) in [5.41, 5.74) is 8.06. The Hall–Kier alpha value is -3.15. The van der Waals surface area contributed by atoms with Gasteiger partial charge >= 0.3 is 0 Å². The SMILES string of the molecule is CCc1ccc(-n2c(C)cc([C@H]3[C@H](c4ccccn4)NC(=S)N3c3ccc(Cl)cc3)c2C)cc1. The van der Waals surface area contributed by atoms with E-state index in [1.54, 1.807) is 0 Å². The van der Waals surface area contributed by atoms with Crippen molar-refractivity contribution in [2.45, 2.75) is 39.3 Å². The van der Waals surface area contributed by atoms with E-state index in [1.165, 1.54) is 28.2 Å². The van der Waals surface area contributed by atoms with E-state index in [2.05, 4.69) is 76.9 Å². The van der Waals surface area contributed by atoms with Gasteiger partial charge in [0.15, 0.2) is 5.11 Å². The van der Waals surface area contributed by atoms with Gasteiger partial charge in [0, 0.05) is 34.0 Å². The predicted octanol–water partition coefficient (Wildman–Crippen LogP) is 6.88. The number of aryl methyl sites for hydroxylation is 2. The average molecular weight is 487 g/mol. The lowest BCUT2D eigenvalue weighted by Gasteiger charge is -2.28. The molecule has 2 aromatic carbocycles. The van der Waals surface area contributed by atoms with E-state index in [0.29, 0.717) is 10.1 Å². The molecule has 172 valence electrons. The smallest absolute Gasteiger partial charge is 0.174 e. The maximum Gasteiger partial charge on any atom is 0.174 e. The number of rotatable bonds is 5. The summed E-state index contributed by atoms with van der Waals surface area (Å²) in [6.07, 6.45) is 2.86. The topological polar surface area (TPSA) is 33.1 Å². The maximum absolute atomic E-state index is 6.19. The quantitative estimate of drug-likeness (QED) is 0.311. The van der Waals surface area contributed by atoms with Crippen molar-refractivity contribution in [3.63, 3.8) is 0 Å². The van der Waals surface area contributed by atoms with E-state index < -0.39 is 0 Å². The van der Waals surface area contributed by atoms with Crippen molar-refractivity contribution in [3.05, 3.63) is 112 Å². The van der Waals surface area contributed by atoms with Gasteiger partial charge in [-0.15, -0.1) is 0 Å². The first kappa shape index (κ1) is 22.6. The van der Waals surface area contributed by atoms with Crippen LogP contribution in [0.3, 0.4) is 0 Å². The van der Waals surface area contributed by atoms with Crippen LogP contribution in [0.4, 0.5) is 5.69 Å². The molecule has 0 amide bonds.